The third-order valence-electron chi connectivity index (χ3n) is 3.62. The Morgan fingerprint density at radius 3 is 2.62 bits per heavy atom. The van der Waals surface area contributed by atoms with E-state index in [2.05, 4.69) is 32.0 Å². The number of nitrogens with one attached hydrogen (secondary N) is 3. The van der Waals surface area contributed by atoms with Crippen molar-refractivity contribution in [3.05, 3.63) is 59.9 Å². The van der Waals surface area contributed by atoms with Gasteiger partial charge >= 0.3 is 0 Å². The van der Waals surface area contributed by atoms with Crippen LogP contribution in [0.3, 0.4) is 0 Å². The zero-order valence-corrected chi connectivity index (χ0v) is 17.5. The second-order valence-electron chi connectivity index (χ2n) is 5.36. The number of fused-ring (bicyclic) bond motifs is 1. The maximum atomic E-state index is 13.6. The zero-order chi connectivity index (χ0) is 17.5. The Balaban J connectivity index is 0.00000243. The van der Waals surface area contributed by atoms with Gasteiger partial charge in [-0.3, -0.25) is 4.99 Å². The Bertz CT molecular complexity index is 834. The molecule has 0 saturated heterocycles. The van der Waals surface area contributed by atoms with Crippen molar-refractivity contribution in [2.45, 2.75) is 6.54 Å². The van der Waals surface area contributed by atoms with Gasteiger partial charge in [0, 0.05) is 32.2 Å². The molecule has 0 radical (unpaired) electrons. The quantitative estimate of drug-likeness (QED) is 0.215. The van der Waals surface area contributed by atoms with E-state index in [0.717, 1.165) is 10.6 Å². The van der Waals surface area contributed by atoms with Crippen LogP contribution in [0.1, 0.15) is 5.56 Å². The van der Waals surface area contributed by atoms with Gasteiger partial charge in [-0.15, -0.1) is 24.0 Å². The molecule has 138 valence electrons. The predicted molar refractivity (Wildman–Crippen MR) is 118 cm³/mol. The summed E-state index contributed by atoms with van der Waals surface area (Å²) < 4.78 is 14.8. The van der Waals surface area contributed by atoms with Crippen molar-refractivity contribution >= 4 is 56.6 Å². The number of hydrogen-bond donors (Lipinski definition) is 3. The number of rotatable bonds is 6. The van der Waals surface area contributed by atoms with E-state index >= 15 is 0 Å². The molecule has 8 heteroatoms. The minimum absolute atomic E-state index is 0. The van der Waals surface area contributed by atoms with E-state index in [1.807, 2.05) is 24.3 Å². The van der Waals surface area contributed by atoms with Gasteiger partial charge in [0.2, 0.25) is 0 Å². The molecule has 0 bridgehead atoms. The number of guanidine groups is 1. The number of hydrogen-bond acceptors (Lipinski definition) is 4. The molecular weight excluding hydrogens is 464 g/mol. The van der Waals surface area contributed by atoms with Crippen LogP contribution in [0.2, 0.25) is 0 Å². The van der Waals surface area contributed by atoms with Gasteiger partial charge in [0.1, 0.15) is 5.82 Å². The predicted octanol–water partition coefficient (Wildman–Crippen LogP) is 3.83. The van der Waals surface area contributed by atoms with Gasteiger partial charge in [-0.1, -0.05) is 41.7 Å². The smallest absolute Gasteiger partial charge is 0.191 e. The minimum Gasteiger partial charge on any atom is -0.360 e. The van der Waals surface area contributed by atoms with Gasteiger partial charge in [-0.2, -0.15) is 0 Å². The maximum absolute atomic E-state index is 13.6. The molecule has 0 atom stereocenters. The van der Waals surface area contributed by atoms with Crippen molar-refractivity contribution in [2.75, 3.05) is 25.5 Å². The highest BCUT2D eigenvalue weighted by Crippen LogP contribution is 2.24. The molecule has 0 saturated carbocycles. The van der Waals surface area contributed by atoms with Crippen molar-refractivity contribution in [3.8, 4) is 0 Å². The lowest BCUT2D eigenvalue weighted by Crippen LogP contribution is -2.39. The minimum atomic E-state index is -0.219. The monoisotopic (exact) mass is 485 g/mol. The summed E-state index contributed by atoms with van der Waals surface area (Å²) in [5, 5.41) is 10.5. The van der Waals surface area contributed by atoms with Crippen LogP contribution in [0.25, 0.3) is 10.2 Å². The third-order valence-corrected chi connectivity index (χ3v) is 4.61. The van der Waals surface area contributed by atoms with E-state index in [9.17, 15) is 4.39 Å². The molecule has 2 aromatic carbocycles. The number of benzene rings is 2. The number of halogens is 2. The van der Waals surface area contributed by atoms with Gasteiger partial charge in [0.25, 0.3) is 0 Å². The van der Waals surface area contributed by atoms with E-state index < -0.39 is 0 Å². The van der Waals surface area contributed by atoms with Gasteiger partial charge in [0.15, 0.2) is 11.1 Å². The maximum Gasteiger partial charge on any atom is 0.191 e. The first-order chi connectivity index (χ1) is 12.3. The summed E-state index contributed by atoms with van der Waals surface area (Å²) >= 11 is 1.63. The molecule has 0 spiro atoms. The highest BCUT2D eigenvalue weighted by molar-refractivity contribution is 14.0. The van der Waals surface area contributed by atoms with Crippen LogP contribution < -0.4 is 16.0 Å². The third kappa shape index (κ3) is 5.53. The number of para-hydroxylation sites is 1. The molecule has 3 N–H and O–H groups in total. The second kappa shape index (κ2) is 10.3. The van der Waals surface area contributed by atoms with Crippen molar-refractivity contribution in [1.29, 1.82) is 0 Å². The molecule has 0 fully saturated rings. The Labute approximate surface area is 173 Å². The Hall–Kier alpha value is -1.94. The average Bonchev–Trinajstić information content (AvgIpc) is 3.05. The number of anilines is 1. The highest BCUT2D eigenvalue weighted by Gasteiger charge is 2.04. The Kier molecular flexibility index (Phi) is 8.05. The van der Waals surface area contributed by atoms with Crippen molar-refractivity contribution in [2.24, 2.45) is 4.99 Å². The molecule has 3 aromatic rings. The summed E-state index contributed by atoms with van der Waals surface area (Å²) in [6.07, 6.45) is 0. The van der Waals surface area contributed by atoms with E-state index in [-0.39, 0.29) is 29.8 Å². The van der Waals surface area contributed by atoms with Crippen LogP contribution in [0.4, 0.5) is 9.52 Å². The fourth-order valence-electron chi connectivity index (χ4n) is 2.34. The van der Waals surface area contributed by atoms with Crippen molar-refractivity contribution in [3.63, 3.8) is 0 Å². The first kappa shape index (κ1) is 20.4. The summed E-state index contributed by atoms with van der Waals surface area (Å²) in [5.74, 6) is 0.414. The van der Waals surface area contributed by atoms with Gasteiger partial charge in [0.05, 0.1) is 10.2 Å². The van der Waals surface area contributed by atoms with Crippen LogP contribution in [0, 0.1) is 5.82 Å². The van der Waals surface area contributed by atoms with Crippen LogP contribution in [0.5, 0.6) is 0 Å². The van der Waals surface area contributed by atoms with Crippen LogP contribution in [-0.4, -0.2) is 31.1 Å². The number of aliphatic imine (C=N–C) groups is 1. The number of aromatic nitrogens is 1. The molecule has 0 aliphatic rings. The van der Waals surface area contributed by atoms with Crippen LogP contribution in [0.15, 0.2) is 53.5 Å². The van der Waals surface area contributed by atoms with E-state index in [1.54, 1.807) is 30.5 Å². The first-order valence-corrected chi connectivity index (χ1v) is 8.85. The van der Waals surface area contributed by atoms with Gasteiger partial charge in [-0.25, -0.2) is 9.37 Å². The van der Waals surface area contributed by atoms with Crippen molar-refractivity contribution in [1.82, 2.24) is 15.6 Å². The van der Waals surface area contributed by atoms with Gasteiger partial charge < -0.3 is 16.0 Å². The molecule has 1 heterocycles. The summed E-state index contributed by atoms with van der Waals surface area (Å²) in [6.45, 7) is 1.77. The fraction of sp³-hybridized carbons (Fsp3) is 0.222. The summed E-state index contributed by atoms with van der Waals surface area (Å²) in [4.78, 5) is 8.67. The molecule has 3 rings (SSSR count). The molecule has 1 aromatic heterocycles. The normalized spacial score (nSPS) is 11.1. The van der Waals surface area contributed by atoms with E-state index in [0.29, 0.717) is 31.2 Å². The van der Waals surface area contributed by atoms with Crippen LogP contribution in [-0.2, 0) is 6.54 Å². The summed E-state index contributed by atoms with van der Waals surface area (Å²) in [5.41, 5.74) is 1.61. The molecule has 0 aliphatic heterocycles. The lowest BCUT2D eigenvalue weighted by Gasteiger charge is -2.12. The Morgan fingerprint density at radius 1 is 1.08 bits per heavy atom. The summed E-state index contributed by atoms with van der Waals surface area (Å²) in [6, 6.07) is 14.8. The largest absolute Gasteiger partial charge is 0.360 e. The molecule has 5 nitrogen and oxygen atoms in total. The van der Waals surface area contributed by atoms with Gasteiger partial charge in [-0.05, 0) is 18.2 Å². The molecule has 0 aliphatic carbocycles. The second-order valence-corrected chi connectivity index (χ2v) is 6.39. The fourth-order valence-corrected chi connectivity index (χ4v) is 3.23. The Morgan fingerprint density at radius 2 is 1.85 bits per heavy atom. The molecule has 26 heavy (non-hydrogen) atoms. The highest BCUT2D eigenvalue weighted by atomic mass is 127. The topological polar surface area (TPSA) is 61.3 Å². The van der Waals surface area contributed by atoms with E-state index in [1.165, 1.54) is 10.8 Å². The SMILES string of the molecule is CN=C(NCCNc1nc2ccccc2s1)NCc1ccccc1F.I. The van der Waals surface area contributed by atoms with Crippen LogP contribution >= 0.6 is 35.3 Å². The molecular formula is C18H21FIN5S. The number of thiazole rings is 1. The molecule has 0 unspecified atom stereocenters. The first-order valence-electron chi connectivity index (χ1n) is 8.03. The standard InChI is InChI=1S/C18H20FN5S.HI/c1-20-17(23-12-13-6-2-3-7-14(13)19)21-10-11-22-18-24-15-8-4-5-9-16(15)25-18;/h2-9H,10-12H2,1H3,(H,22,24)(H2,20,21,23);1H. The van der Waals surface area contributed by atoms with E-state index in [4.69, 9.17) is 0 Å². The number of nitrogens with zero attached hydrogens (tertiary/aromatic N) is 2. The lowest BCUT2D eigenvalue weighted by atomic mass is 10.2. The molecule has 0 amide bonds. The average molecular weight is 485 g/mol. The summed E-state index contributed by atoms with van der Waals surface area (Å²) in [7, 11) is 1.69. The zero-order valence-electron chi connectivity index (χ0n) is 14.3. The van der Waals surface area contributed by atoms with Crippen molar-refractivity contribution < 1.29 is 4.39 Å². The lowest BCUT2D eigenvalue weighted by molar-refractivity contribution is 0.605.